The van der Waals surface area contributed by atoms with E-state index in [2.05, 4.69) is 66.0 Å². The predicted molar refractivity (Wildman–Crippen MR) is 96.4 cm³/mol. The fraction of sp³-hybridized carbons (Fsp3) is 0.190. The van der Waals surface area contributed by atoms with Gasteiger partial charge >= 0.3 is 0 Å². The maximum absolute atomic E-state index is 11.4. The fourth-order valence-corrected chi connectivity index (χ4v) is 2.86. The minimum atomic E-state index is 0.105. The quantitative estimate of drug-likeness (QED) is 0.734. The summed E-state index contributed by atoms with van der Waals surface area (Å²) in [6.07, 6.45) is 1.37. The van der Waals surface area contributed by atoms with E-state index in [4.69, 9.17) is 0 Å². The Kier molecular flexibility index (Phi) is 4.72. The zero-order chi connectivity index (χ0) is 16.1. The molecule has 0 heterocycles. The van der Waals surface area contributed by atoms with E-state index in [-0.39, 0.29) is 5.91 Å². The topological polar surface area (TPSA) is 29.1 Å². The van der Waals surface area contributed by atoms with E-state index in [9.17, 15) is 4.79 Å². The lowest BCUT2D eigenvalue weighted by Gasteiger charge is -2.11. The third-order valence-electron chi connectivity index (χ3n) is 4.09. The zero-order valence-electron chi connectivity index (χ0n) is 13.4. The Morgan fingerprint density at radius 2 is 1.65 bits per heavy atom. The number of hydrogen-bond acceptors (Lipinski definition) is 1. The van der Waals surface area contributed by atoms with E-state index in [0.29, 0.717) is 13.0 Å². The molecule has 0 unspecified atom stereocenters. The van der Waals surface area contributed by atoms with E-state index in [1.165, 1.54) is 27.5 Å². The number of fused-ring (bicyclic) bond motifs is 1. The molecule has 0 atom stereocenters. The van der Waals surface area contributed by atoms with Gasteiger partial charge in [0.05, 0.1) is 0 Å². The second-order valence-electron chi connectivity index (χ2n) is 5.68. The molecule has 1 amide bonds. The van der Waals surface area contributed by atoms with Gasteiger partial charge in [-0.1, -0.05) is 67.6 Å². The summed E-state index contributed by atoms with van der Waals surface area (Å²) < 4.78 is 0. The number of rotatable bonds is 5. The van der Waals surface area contributed by atoms with E-state index in [1.807, 2.05) is 13.0 Å². The maximum atomic E-state index is 11.4. The van der Waals surface area contributed by atoms with Gasteiger partial charge in [-0.25, -0.2) is 0 Å². The molecular weight excluding hydrogens is 282 g/mol. The summed E-state index contributed by atoms with van der Waals surface area (Å²) in [7, 11) is 0. The second kappa shape index (κ2) is 7.10. The normalized spacial score (nSPS) is 10.7. The first-order valence-corrected chi connectivity index (χ1v) is 8.11. The van der Waals surface area contributed by atoms with Crippen molar-refractivity contribution in [1.29, 1.82) is 0 Å². The Hall–Kier alpha value is -2.61. The Morgan fingerprint density at radius 3 is 2.43 bits per heavy atom. The lowest BCUT2D eigenvalue weighted by atomic mass is 9.95. The van der Waals surface area contributed by atoms with Crippen LogP contribution in [0.1, 0.15) is 18.9 Å². The standard InChI is InChI=1S/C21H21NO/c1-2-21(23)22-13-12-18-15-19(16-8-4-3-5-9-16)14-17-10-6-7-11-20(17)18/h3-11,14-15H,2,12-13H2,1H3,(H,22,23). The highest BCUT2D eigenvalue weighted by atomic mass is 16.1. The molecule has 0 spiro atoms. The van der Waals surface area contributed by atoms with Crippen LogP contribution in [0.5, 0.6) is 0 Å². The summed E-state index contributed by atoms with van der Waals surface area (Å²) >= 11 is 0. The van der Waals surface area contributed by atoms with Crippen LogP contribution in [0.3, 0.4) is 0 Å². The first-order valence-electron chi connectivity index (χ1n) is 8.11. The molecule has 0 aliphatic heterocycles. The van der Waals surface area contributed by atoms with E-state index in [1.54, 1.807) is 0 Å². The van der Waals surface area contributed by atoms with Gasteiger partial charge in [0.25, 0.3) is 0 Å². The third kappa shape index (κ3) is 3.59. The minimum absolute atomic E-state index is 0.105. The van der Waals surface area contributed by atoms with Crippen molar-refractivity contribution < 1.29 is 4.79 Å². The van der Waals surface area contributed by atoms with Crippen molar-refractivity contribution in [2.75, 3.05) is 6.54 Å². The Labute approximate surface area is 137 Å². The van der Waals surface area contributed by atoms with Gasteiger partial charge in [0.15, 0.2) is 0 Å². The highest BCUT2D eigenvalue weighted by Crippen LogP contribution is 2.28. The zero-order valence-corrected chi connectivity index (χ0v) is 13.4. The van der Waals surface area contributed by atoms with Crippen molar-refractivity contribution in [2.45, 2.75) is 19.8 Å². The van der Waals surface area contributed by atoms with Crippen LogP contribution >= 0.6 is 0 Å². The molecule has 0 aliphatic carbocycles. The molecular formula is C21H21NO. The van der Waals surface area contributed by atoms with Crippen molar-refractivity contribution in [3.63, 3.8) is 0 Å². The minimum Gasteiger partial charge on any atom is -0.356 e. The predicted octanol–water partition coefficient (Wildman–Crippen LogP) is 4.58. The summed E-state index contributed by atoms with van der Waals surface area (Å²) in [5.41, 5.74) is 3.72. The molecule has 23 heavy (non-hydrogen) atoms. The van der Waals surface area contributed by atoms with E-state index < -0.39 is 0 Å². The van der Waals surface area contributed by atoms with Gasteiger partial charge < -0.3 is 5.32 Å². The third-order valence-corrected chi connectivity index (χ3v) is 4.09. The Balaban J connectivity index is 1.96. The molecule has 3 rings (SSSR count). The molecule has 0 saturated carbocycles. The summed E-state index contributed by atoms with van der Waals surface area (Å²) in [5, 5.41) is 5.47. The molecule has 0 aromatic heterocycles. The average molecular weight is 303 g/mol. The molecule has 2 nitrogen and oxygen atoms in total. The van der Waals surface area contributed by atoms with Crippen molar-refractivity contribution in [1.82, 2.24) is 5.32 Å². The van der Waals surface area contributed by atoms with Crippen LogP contribution in [0, 0.1) is 0 Å². The van der Waals surface area contributed by atoms with Crippen molar-refractivity contribution in [3.05, 3.63) is 72.3 Å². The van der Waals surface area contributed by atoms with Gasteiger partial charge in [-0.2, -0.15) is 0 Å². The smallest absolute Gasteiger partial charge is 0.219 e. The average Bonchev–Trinajstić information content (AvgIpc) is 2.62. The molecule has 3 aromatic carbocycles. The largest absolute Gasteiger partial charge is 0.356 e. The van der Waals surface area contributed by atoms with E-state index >= 15 is 0 Å². The molecule has 116 valence electrons. The van der Waals surface area contributed by atoms with Gasteiger partial charge in [0.2, 0.25) is 5.91 Å². The molecule has 0 radical (unpaired) electrons. The molecule has 0 aliphatic rings. The van der Waals surface area contributed by atoms with Gasteiger partial charge in [0.1, 0.15) is 0 Å². The highest BCUT2D eigenvalue weighted by Gasteiger charge is 2.06. The van der Waals surface area contributed by atoms with Crippen LogP contribution in [-0.4, -0.2) is 12.5 Å². The van der Waals surface area contributed by atoms with Gasteiger partial charge in [-0.05, 0) is 39.9 Å². The number of benzene rings is 3. The number of carbonyl (C=O) groups is 1. The Morgan fingerprint density at radius 1 is 0.913 bits per heavy atom. The second-order valence-corrected chi connectivity index (χ2v) is 5.68. The van der Waals surface area contributed by atoms with Gasteiger partial charge in [0, 0.05) is 13.0 Å². The van der Waals surface area contributed by atoms with Crippen LogP contribution < -0.4 is 5.32 Å². The van der Waals surface area contributed by atoms with Crippen molar-refractivity contribution in [2.24, 2.45) is 0 Å². The fourth-order valence-electron chi connectivity index (χ4n) is 2.86. The Bertz CT molecular complexity index is 808. The summed E-state index contributed by atoms with van der Waals surface area (Å²) in [6, 6.07) is 23.3. The maximum Gasteiger partial charge on any atom is 0.219 e. The van der Waals surface area contributed by atoms with E-state index in [0.717, 1.165) is 6.42 Å². The monoisotopic (exact) mass is 303 g/mol. The van der Waals surface area contributed by atoms with Crippen LogP contribution in [0.4, 0.5) is 0 Å². The van der Waals surface area contributed by atoms with Crippen LogP contribution in [-0.2, 0) is 11.2 Å². The van der Waals surface area contributed by atoms with Crippen molar-refractivity contribution in [3.8, 4) is 11.1 Å². The molecule has 0 saturated heterocycles. The first kappa shape index (κ1) is 15.3. The summed E-state index contributed by atoms with van der Waals surface area (Å²) in [4.78, 5) is 11.4. The molecule has 3 aromatic rings. The summed E-state index contributed by atoms with van der Waals surface area (Å²) in [6.45, 7) is 2.55. The lowest BCUT2D eigenvalue weighted by Crippen LogP contribution is -2.24. The van der Waals surface area contributed by atoms with Crippen LogP contribution in [0.15, 0.2) is 66.7 Å². The molecule has 0 fully saturated rings. The SMILES string of the molecule is CCC(=O)NCCc1cc(-c2ccccc2)cc2ccccc12. The number of carbonyl (C=O) groups excluding carboxylic acids is 1. The lowest BCUT2D eigenvalue weighted by molar-refractivity contribution is -0.120. The number of amides is 1. The first-order chi connectivity index (χ1) is 11.3. The molecule has 2 heteroatoms. The number of nitrogens with one attached hydrogen (secondary N) is 1. The molecule has 1 N–H and O–H groups in total. The molecule has 0 bridgehead atoms. The van der Waals surface area contributed by atoms with Crippen LogP contribution in [0.25, 0.3) is 21.9 Å². The van der Waals surface area contributed by atoms with Crippen molar-refractivity contribution >= 4 is 16.7 Å². The van der Waals surface area contributed by atoms with Gasteiger partial charge in [-0.15, -0.1) is 0 Å². The van der Waals surface area contributed by atoms with Crippen LogP contribution in [0.2, 0.25) is 0 Å². The highest BCUT2D eigenvalue weighted by molar-refractivity contribution is 5.90. The van der Waals surface area contributed by atoms with Gasteiger partial charge in [-0.3, -0.25) is 4.79 Å². The summed E-state index contributed by atoms with van der Waals surface area (Å²) in [5.74, 6) is 0.105. The number of hydrogen-bond donors (Lipinski definition) is 1.